The van der Waals surface area contributed by atoms with Gasteiger partial charge in [-0.1, -0.05) is 6.92 Å². The highest BCUT2D eigenvalue weighted by molar-refractivity contribution is 5.95. The van der Waals surface area contributed by atoms with Gasteiger partial charge >= 0.3 is 18.0 Å². The number of likely N-dealkylation sites (N-methyl/N-ethyl adjacent to an activating group) is 1. The normalized spacial score (nSPS) is 11.3. The molecule has 0 rings (SSSR count). The summed E-state index contributed by atoms with van der Waals surface area (Å²) in [6.45, 7) is 3.24. The molecule has 2 N–H and O–H groups in total. The van der Waals surface area contributed by atoms with Crippen molar-refractivity contribution in [3.63, 3.8) is 0 Å². The molecule has 0 aliphatic carbocycles. The van der Waals surface area contributed by atoms with Crippen molar-refractivity contribution < 1.29 is 29.0 Å². The summed E-state index contributed by atoms with van der Waals surface area (Å²) in [5, 5.41) is 10.7. The van der Waals surface area contributed by atoms with Crippen molar-refractivity contribution in [3.05, 3.63) is 0 Å². The number of carboxylic acid groups (broad SMARTS) is 1. The van der Waals surface area contributed by atoms with E-state index in [2.05, 4.69) is 10.1 Å². The molecular weight excluding hydrogens is 268 g/mol. The van der Waals surface area contributed by atoms with E-state index in [1.165, 1.54) is 7.11 Å². The van der Waals surface area contributed by atoms with Crippen LogP contribution in [0.2, 0.25) is 0 Å². The van der Waals surface area contributed by atoms with E-state index in [9.17, 15) is 19.2 Å². The van der Waals surface area contributed by atoms with E-state index in [4.69, 9.17) is 5.11 Å². The maximum Gasteiger partial charge on any atom is 0.325 e. The zero-order valence-electron chi connectivity index (χ0n) is 11.8. The Morgan fingerprint density at radius 3 is 2.30 bits per heavy atom. The van der Waals surface area contributed by atoms with E-state index in [0.29, 0.717) is 0 Å². The number of carbonyl (C=O) groups is 4. The first-order valence-corrected chi connectivity index (χ1v) is 6.17. The highest BCUT2D eigenvalue weighted by atomic mass is 16.5. The Morgan fingerprint density at radius 2 is 1.85 bits per heavy atom. The van der Waals surface area contributed by atoms with Gasteiger partial charge in [0.25, 0.3) is 0 Å². The van der Waals surface area contributed by atoms with Crippen molar-refractivity contribution in [2.24, 2.45) is 5.92 Å². The highest BCUT2D eigenvalue weighted by Crippen LogP contribution is 2.07. The molecule has 0 aromatic heterocycles. The zero-order valence-corrected chi connectivity index (χ0v) is 11.8. The number of methoxy groups -OCH3 is 1. The lowest BCUT2D eigenvalue weighted by Crippen LogP contribution is -2.45. The fourth-order valence-electron chi connectivity index (χ4n) is 1.48. The Balaban J connectivity index is 4.31. The molecule has 0 saturated heterocycles. The molecule has 20 heavy (non-hydrogen) atoms. The van der Waals surface area contributed by atoms with Crippen molar-refractivity contribution >= 4 is 23.9 Å². The molecule has 1 atom stereocenters. The zero-order chi connectivity index (χ0) is 15.7. The Kier molecular flexibility index (Phi) is 7.95. The summed E-state index contributed by atoms with van der Waals surface area (Å²) in [5.41, 5.74) is 0. The summed E-state index contributed by atoms with van der Waals surface area (Å²) in [6, 6.07) is -0.703. The molecule has 0 spiro atoms. The van der Waals surface area contributed by atoms with E-state index in [1.54, 1.807) is 13.8 Å². The predicted molar refractivity (Wildman–Crippen MR) is 68.8 cm³/mol. The van der Waals surface area contributed by atoms with E-state index in [0.717, 1.165) is 4.90 Å². The van der Waals surface area contributed by atoms with Gasteiger partial charge in [0, 0.05) is 19.4 Å². The molecule has 3 amide bonds. The lowest BCUT2D eigenvalue weighted by Gasteiger charge is -2.19. The second-order valence-corrected chi connectivity index (χ2v) is 4.35. The van der Waals surface area contributed by atoms with Crippen LogP contribution < -0.4 is 5.32 Å². The first kappa shape index (κ1) is 17.9. The summed E-state index contributed by atoms with van der Waals surface area (Å²) in [5.74, 6) is -2.55. The van der Waals surface area contributed by atoms with E-state index in [-0.39, 0.29) is 31.8 Å². The molecular formula is C12H20N2O6. The minimum absolute atomic E-state index is 0.0756. The number of ether oxygens (including phenoxy) is 1. The Morgan fingerprint density at radius 1 is 1.25 bits per heavy atom. The third kappa shape index (κ3) is 7.34. The molecule has 0 heterocycles. The summed E-state index contributed by atoms with van der Waals surface area (Å²) < 4.78 is 4.44. The third-order valence-electron chi connectivity index (χ3n) is 2.52. The number of esters is 1. The Labute approximate surface area is 117 Å². The summed E-state index contributed by atoms with van der Waals surface area (Å²) >= 11 is 0. The molecule has 0 aliphatic heterocycles. The van der Waals surface area contributed by atoms with Crippen LogP contribution in [0.1, 0.15) is 26.7 Å². The quantitative estimate of drug-likeness (QED) is 0.648. The van der Waals surface area contributed by atoms with Gasteiger partial charge in [0.05, 0.1) is 7.11 Å². The first-order chi connectivity index (χ1) is 9.29. The summed E-state index contributed by atoms with van der Waals surface area (Å²) in [6.07, 6.45) is -0.227. The van der Waals surface area contributed by atoms with Crippen LogP contribution in [0.4, 0.5) is 4.79 Å². The number of nitrogens with zero attached hydrogens (tertiary/aromatic N) is 1. The van der Waals surface area contributed by atoms with Gasteiger partial charge in [-0.2, -0.15) is 0 Å². The van der Waals surface area contributed by atoms with Gasteiger partial charge in [-0.25, -0.2) is 4.79 Å². The van der Waals surface area contributed by atoms with Crippen LogP contribution in [0.3, 0.4) is 0 Å². The molecule has 0 aromatic carbocycles. The standard InChI is InChI=1S/C12H20N2O6/c1-4-14(7-11(18)20-3)12(19)13-9(15)5-8(2)6-10(16)17/h8H,4-7H2,1-3H3,(H,16,17)(H,13,15,19). The van der Waals surface area contributed by atoms with Gasteiger partial charge in [0.15, 0.2) is 0 Å². The number of hydrogen-bond acceptors (Lipinski definition) is 5. The van der Waals surface area contributed by atoms with Gasteiger partial charge in [-0.3, -0.25) is 19.7 Å². The molecule has 8 heteroatoms. The van der Waals surface area contributed by atoms with Crippen LogP contribution in [0.5, 0.6) is 0 Å². The molecule has 0 aliphatic rings. The van der Waals surface area contributed by atoms with Crippen molar-refractivity contribution in [1.29, 1.82) is 0 Å². The molecule has 1 unspecified atom stereocenters. The SMILES string of the molecule is CCN(CC(=O)OC)C(=O)NC(=O)CC(C)CC(=O)O. The van der Waals surface area contributed by atoms with Crippen LogP contribution in [-0.4, -0.2) is 54.1 Å². The second kappa shape index (κ2) is 8.89. The summed E-state index contributed by atoms with van der Waals surface area (Å²) in [7, 11) is 1.20. The number of amides is 3. The smallest absolute Gasteiger partial charge is 0.325 e. The highest BCUT2D eigenvalue weighted by Gasteiger charge is 2.19. The number of imide groups is 1. The molecule has 8 nitrogen and oxygen atoms in total. The van der Waals surface area contributed by atoms with Crippen molar-refractivity contribution in [1.82, 2.24) is 10.2 Å². The minimum Gasteiger partial charge on any atom is -0.481 e. The number of urea groups is 1. The third-order valence-corrected chi connectivity index (χ3v) is 2.52. The average molecular weight is 288 g/mol. The van der Waals surface area contributed by atoms with Gasteiger partial charge < -0.3 is 14.7 Å². The monoisotopic (exact) mass is 288 g/mol. The Bertz CT molecular complexity index is 382. The maximum atomic E-state index is 11.7. The van der Waals surface area contributed by atoms with Crippen LogP contribution in [0, 0.1) is 5.92 Å². The number of aliphatic carboxylic acids is 1. The van der Waals surface area contributed by atoms with Crippen LogP contribution in [0.15, 0.2) is 0 Å². The van der Waals surface area contributed by atoms with Crippen LogP contribution >= 0.6 is 0 Å². The molecule has 0 saturated carbocycles. The van der Waals surface area contributed by atoms with Gasteiger partial charge in [-0.15, -0.1) is 0 Å². The molecule has 0 aromatic rings. The van der Waals surface area contributed by atoms with E-state index >= 15 is 0 Å². The van der Waals surface area contributed by atoms with Crippen molar-refractivity contribution in [2.45, 2.75) is 26.7 Å². The van der Waals surface area contributed by atoms with Gasteiger partial charge in [0.1, 0.15) is 6.54 Å². The van der Waals surface area contributed by atoms with Gasteiger partial charge in [-0.05, 0) is 12.8 Å². The number of nitrogens with one attached hydrogen (secondary N) is 1. The molecule has 0 radical (unpaired) electrons. The van der Waals surface area contributed by atoms with Crippen LogP contribution in [0.25, 0.3) is 0 Å². The Hall–Kier alpha value is -2.12. The van der Waals surface area contributed by atoms with Crippen LogP contribution in [-0.2, 0) is 19.1 Å². The van der Waals surface area contributed by atoms with E-state index in [1.807, 2.05) is 0 Å². The lowest BCUT2D eigenvalue weighted by atomic mass is 10.0. The topological polar surface area (TPSA) is 113 Å². The minimum atomic E-state index is -1.00. The first-order valence-electron chi connectivity index (χ1n) is 6.17. The van der Waals surface area contributed by atoms with Crippen molar-refractivity contribution in [3.8, 4) is 0 Å². The fourth-order valence-corrected chi connectivity index (χ4v) is 1.48. The fraction of sp³-hybridized carbons (Fsp3) is 0.667. The molecule has 114 valence electrons. The van der Waals surface area contributed by atoms with E-state index < -0.39 is 23.9 Å². The number of carboxylic acids is 1. The number of hydrogen-bond donors (Lipinski definition) is 2. The second-order valence-electron chi connectivity index (χ2n) is 4.35. The lowest BCUT2D eigenvalue weighted by molar-refractivity contribution is -0.141. The van der Waals surface area contributed by atoms with Crippen molar-refractivity contribution in [2.75, 3.05) is 20.2 Å². The average Bonchev–Trinajstić information content (AvgIpc) is 2.33. The maximum absolute atomic E-state index is 11.7. The van der Waals surface area contributed by atoms with Gasteiger partial charge in [0.2, 0.25) is 5.91 Å². The number of carbonyl (C=O) groups excluding carboxylic acids is 3. The largest absolute Gasteiger partial charge is 0.481 e. The summed E-state index contributed by atoms with van der Waals surface area (Å²) in [4.78, 5) is 45.9. The molecule has 0 fully saturated rings. The predicted octanol–water partition coefficient (Wildman–Crippen LogP) is 0.218. The molecule has 0 bridgehead atoms. The number of rotatable bonds is 7.